The van der Waals surface area contributed by atoms with E-state index in [9.17, 15) is 0 Å². The van der Waals surface area contributed by atoms with Gasteiger partial charge in [0.25, 0.3) is 0 Å². The van der Waals surface area contributed by atoms with Crippen LogP contribution in [0.15, 0.2) is 114 Å². The largest absolute Gasteiger partial charge is 0.454 e. The average molecular weight is 598 g/mol. The van der Waals surface area contributed by atoms with Gasteiger partial charge in [-0.3, -0.25) is 0 Å². The number of nitrogens with one attached hydrogen (secondary N) is 1. The van der Waals surface area contributed by atoms with Crippen molar-refractivity contribution in [3.05, 3.63) is 137 Å². The van der Waals surface area contributed by atoms with Crippen molar-refractivity contribution in [3.63, 3.8) is 0 Å². The molecule has 0 saturated carbocycles. The van der Waals surface area contributed by atoms with Crippen molar-refractivity contribution < 1.29 is 4.42 Å². The molecule has 46 heavy (non-hydrogen) atoms. The Morgan fingerprint density at radius 2 is 1.28 bits per heavy atom. The monoisotopic (exact) mass is 597 g/mol. The summed E-state index contributed by atoms with van der Waals surface area (Å²) in [5.41, 5.74) is 15.0. The summed E-state index contributed by atoms with van der Waals surface area (Å²) < 4.78 is 6.40. The SMILES string of the molecule is CCC(C)(Nc1cccc2c1oc1ccccc12)c1ccc2c(c1)C(C)(C)c1cc3c(cc1-2)C(C)(C)c1ccc2ccccc2c1-3. The molecule has 7 aromatic rings. The van der Waals surface area contributed by atoms with Gasteiger partial charge in [-0.25, -0.2) is 0 Å². The van der Waals surface area contributed by atoms with Crippen molar-refractivity contribution >= 4 is 38.4 Å². The Morgan fingerprint density at radius 3 is 2.11 bits per heavy atom. The molecule has 1 atom stereocenters. The summed E-state index contributed by atoms with van der Waals surface area (Å²) in [6.45, 7) is 14.2. The van der Waals surface area contributed by atoms with Crippen LogP contribution >= 0.6 is 0 Å². The van der Waals surface area contributed by atoms with E-state index < -0.39 is 0 Å². The van der Waals surface area contributed by atoms with E-state index in [1.165, 1.54) is 60.8 Å². The first-order valence-electron chi connectivity index (χ1n) is 16.7. The molecule has 226 valence electrons. The fourth-order valence-electron chi connectivity index (χ4n) is 8.58. The first kappa shape index (κ1) is 27.5. The first-order chi connectivity index (χ1) is 22.1. The molecule has 0 amide bonds. The van der Waals surface area contributed by atoms with Crippen LogP contribution in [0.5, 0.6) is 0 Å². The molecule has 1 unspecified atom stereocenters. The molecule has 2 aliphatic rings. The van der Waals surface area contributed by atoms with E-state index in [1.807, 2.05) is 6.07 Å². The standard InChI is InChI=1S/C44H39NO/c1-7-44(6,45-38-17-12-16-31-30-15-10-11-18-39(30)46-41(31)38)27-20-21-29-32-24-37-33(25-36(32)43(4,5)35(29)23-27)40-28-14-9-8-13-26(28)19-22-34(40)42(37,2)3/h8-25,45H,7H2,1-6H3. The highest BCUT2D eigenvalue weighted by atomic mass is 16.3. The van der Waals surface area contributed by atoms with Crippen molar-refractivity contribution in [2.24, 2.45) is 0 Å². The second kappa shape index (κ2) is 9.13. The second-order valence-corrected chi connectivity index (χ2v) is 14.8. The summed E-state index contributed by atoms with van der Waals surface area (Å²) in [5.74, 6) is 0. The van der Waals surface area contributed by atoms with Crippen LogP contribution in [0.4, 0.5) is 5.69 Å². The number of para-hydroxylation sites is 2. The van der Waals surface area contributed by atoms with E-state index in [1.54, 1.807) is 0 Å². The molecule has 2 nitrogen and oxygen atoms in total. The van der Waals surface area contributed by atoms with Gasteiger partial charge in [0, 0.05) is 21.6 Å². The van der Waals surface area contributed by atoms with Gasteiger partial charge in [-0.15, -0.1) is 0 Å². The Labute approximate surface area is 271 Å². The molecule has 9 rings (SSSR count). The molecule has 1 aromatic heterocycles. The fourth-order valence-corrected chi connectivity index (χ4v) is 8.58. The molecule has 0 bridgehead atoms. The lowest BCUT2D eigenvalue weighted by molar-refractivity contribution is 0.520. The lowest BCUT2D eigenvalue weighted by Crippen LogP contribution is -2.31. The van der Waals surface area contributed by atoms with E-state index in [0.29, 0.717) is 0 Å². The zero-order valence-corrected chi connectivity index (χ0v) is 27.5. The molecule has 0 radical (unpaired) electrons. The normalized spacial score (nSPS) is 16.7. The van der Waals surface area contributed by atoms with Gasteiger partial charge in [-0.2, -0.15) is 0 Å². The van der Waals surface area contributed by atoms with Crippen LogP contribution < -0.4 is 5.32 Å². The smallest absolute Gasteiger partial charge is 0.158 e. The predicted octanol–water partition coefficient (Wildman–Crippen LogP) is 12.1. The molecule has 1 heterocycles. The number of hydrogen-bond donors (Lipinski definition) is 1. The average Bonchev–Trinajstić information content (AvgIpc) is 3.64. The first-order valence-corrected chi connectivity index (χ1v) is 16.7. The molecule has 6 aromatic carbocycles. The van der Waals surface area contributed by atoms with Gasteiger partial charge in [-0.1, -0.05) is 120 Å². The zero-order valence-electron chi connectivity index (χ0n) is 27.5. The van der Waals surface area contributed by atoms with Crippen LogP contribution in [0.3, 0.4) is 0 Å². The Hall–Kier alpha value is -4.82. The van der Waals surface area contributed by atoms with Crippen LogP contribution in [0.2, 0.25) is 0 Å². The minimum atomic E-state index is -0.283. The quantitative estimate of drug-likeness (QED) is 0.218. The van der Waals surface area contributed by atoms with Crippen LogP contribution in [-0.4, -0.2) is 0 Å². The summed E-state index contributed by atoms with van der Waals surface area (Å²) in [6, 6.07) is 40.5. The minimum Gasteiger partial charge on any atom is -0.454 e. The highest BCUT2D eigenvalue weighted by molar-refractivity contribution is 6.09. The van der Waals surface area contributed by atoms with Crippen molar-refractivity contribution in [1.29, 1.82) is 0 Å². The van der Waals surface area contributed by atoms with Gasteiger partial charge >= 0.3 is 0 Å². The summed E-state index contributed by atoms with van der Waals surface area (Å²) in [6.07, 6.45) is 0.933. The maximum atomic E-state index is 6.40. The summed E-state index contributed by atoms with van der Waals surface area (Å²) in [7, 11) is 0. The van der Waals surface area contributed by atoms with E-state index in [0.717, 1.165) is 34.0 Å². The highest BCUT2D eigenvalue weighted by Crippen LogP contribution is 2.57. The van der Waals surface area contributed by atoms with E-state index >= 15 is 0 Å². The van der Waals surface area contributed by atoms with Crippen LogP contribution in [0.1, 0.15) is 75.8 Å². The highest BCUT2D eigenvalue weighted by Gasteiger charge is 2.42. The molecule has 0 fully saturated rings. The zero-order chi connectivity index (χ0) is 31.6. The lowest BCUT2D eigenvalue weighted by Gasteiger charge is -2.33. The maximum Gasteiger partial charge on any atom is 0.158 e. The van der Waals surface area contributed by atoms with Gasteiger partial charge < -0.3 is 9.73 Å². The van der Waals surface area contributed by atoms with Crippen LogP contribution in [-0.2, 0) is 16.4 Å². The van der Waals surface area contributed by atoms with E-state index in [-0.39, 0.29) is 16.4 Å². The summed E-state index contributed by atoms with van der Waals surface area (Å²) in [5, 5.41) is 8.91. The molecule has 0 aliphatic heterocycles. The van der Waals surface area contributed by atoms with Crippen molar-refractivity contribution in [2.75, 3.05) is 5.32 Å². The van der Waals surface area contributed by atoms with Crippen molar-refractivity contribution in [1.82, 2.24) is 0 Å². The predicted molar refractivity (Wildman–Crippen MR) is 194 cm³/mol. The Balaban J connectivity index is 1.16. The number of rotatable bonds is 4. The van der Waals surface area contributed by atoms with Gasteiger partial charge in [0.2, 0.25) is 0 Å². The minimum absolute atomic E-state index is 0.0566. The molecule has 1 N–H and O–H groups in total. The van der Waals surface area contributed by atoms with Crippen LogP contribution in [0.25, 0.3) is 55.0 Å². The number of anilines is 1. The molecule has 2 aliphatic carbocycles. The van der Waals surface area contributed by atoms with E-state index in [2.05, 4.69) is 150 Å². The lowest BCUT2D eigenvalue weighted by atomic mass is 9.78. The van der Waals surface area contributed by atoms with Crippen molar-refractivity contribution in [2.45, 2.75) is 64.3 Å². The van der Waals surface area contributed by atoms with Gasteiger partial charge in [-0.05, 0) is 98.5 Å². The summed E-state index contributed by atoms with van der Waals surface area (Å²) >= 11 is 0. The van der Waals surface area contributed by atoms with Crippen LogP contribution in [0, 0.1) is 0 Å². The molecular formula is C44H39NO. The molecular weight excluding hydrogens is 558 g/mol. The van der Waals surface area contributed by atoms with E-state index in [4.69, 9.17) is 4.42 Å². The third-order valence-corrected chi connectivity index (χ3v) is 11.5. The van der Waals surface area contributed by atoms with Gasteiger partial charge in [0.15, 0.2) is 5.58 Å². The fraction of sp³-hybridized carbons (Fsp3) is 0.227. The molecule has 0 saturated heterocycles. The second-order valence-electron chi connectivity index (χ2n) is 14.8. The van der Waals surface area contributed by atoms with Gasteiger partial charge in [0.05, 0.1) is 11.2 Å². The topological polar surface area (TPSA) is 25.2 Å². The molecule has 0 spiro atoms. The number of hydrogen-bond acceptors (Lipinski definition) is 2. The van der Waals surface area contributed by atoms with Gasteiger partial charge in [0.1, 0.15) is 5.58 Å². The maximum absolute atomic E-state index is 6.40. The molecule has 2 heteroatoms. The number of fused-ring (bicyclic) bond motifs is 11. The third-order valence-electron chi connectivity index (χ3n) is 11.5. The van der Waals surface area contributed by atoms with Crippen molar-refractivity contribution in [3.8, 4) is 22.3 Å². The summed E-state index contributed by atoms with van der Waals surface area (Å²) in [4.78, 5) is 0. The number of benzene rings is 6. The third kappa shape index (κ3) is 3.53. The Morgan fingerprint density at radius 1 is 0.609 bits per heavy atom. The Kier molecular flexibility index (Phi) is 5.46. The Bertz CT molecular complexity index is 2400. The number of furan rings is 1.